The summed E-state index contributed by atoms with van der Waals surface area (Å²) in [5.74, 6) is 0.445. The van der Waals surface area contributed by atoms with Crippen molar-refractivity contribution >= 4 is 21.6 Å². The highest BCUT2D eigenvalue weighted by Gasteiger charge is 2.29. The summed E-state index contributed by atoms with van der Waals surface area (Å²) in [4.78, 5) is 6.53. The van der Waals surface area contributed by atoms with Gasteiger partial charge in [-0.25, -0.2) is 12.8 Å². The largest absolute Gasteiger partial charge is 0.338 e. The smallest absolute Gasteiger partial charge is 0.243 e. The lowest BCUT2D eigenvalue weighted by Crippen LogP contribution is -2.48. The lowest BCUT2D eigenvalue weighted by molar-refractivity contribution is 0.163. The van der Waals surface area contributed by atoms with Gasteiger partial charge >= 0.3 is 0 Å². The highest BCUT2D eigenvalue weighted by molar-refractivity contribution is 7.89. The topological polar surface area (TPSA) is 79.5 Å². The van der Waals surface area contributed by atoms with Crippen LogP contribution in [0.5, 0.6) is 0 Å². The molecule has 0 atom stereocenters. The molecule has 0 saturated carbocycles. The Bertz CT molecular complexity index is 1100. The predicted molar refractivity (Wildman–Crippen MR) is 105 cm³/mol. The standard InChI is InChI=1S/C19H18ClFN4O3S/c20-15-3-1-2-14(12-15)19-22-18(28-23-19)13-24-8-10-25(11-9-24)29(26,27)17-6-4-16(21)5-7-17/h1-7,12H,8-11,13H2. The second-order valence-corrected chi connectivity index (χ2v) is 9.03. The number of hydrogen-bond acceptors (Lipinski definition) is 6. The summed E-state index contributed by atoms with van der Waals surface area (Å²) in [6, 6.07) is 12.1. The molecule has 29 heavy (non-hydrogen) atoms. The van der Waals surface area contributed by atoms with E-state index in [-0.39, 0.29) is 4.90 Å². The lowest BCUT2D eigenvalue weighted by Gasteiger charge is -2.33. The molecule has 0 unspecified atom stereocenters. The minimum atomic E-state index is -3.63. The molecule has 2 heterocycles. The summed E-state index contributed by atoms with van der Waals surface area (Å²) in [6.45, 7) is 2.13. The van der Waals surface area contributed by atoms with Crippen molar-refractivity contribution in [1.29, 1.82) is 0 Å². The second-order valence-electron chi connectivity index (χ2n) is 6.66. The van der Waals surface area contributed by atoms with Gasteiger partial charge in [-0.05, 0) is 36.4 Å². The number of benzene rings is 2. The van der Waals surface area contributed by atoms with Crippen LogP contribution in [0.15, 0.2) is 57.9 Å². The number of nitrogens with zero attached hydrogens (tertiary/aromatic N) is 4. The number of aromatic nitrogens is 2. The molecule has 0 aliphatic carbocycles. The van der Waals surface area contributed by atoms with Crippen LogP contribution in [0.2, 0.25) is 5.02 Å². The molecule has 0 radical (unpaired) electrons. The molecular formula is C19H18ClFN4O3S. The van der Waals surface area contributed by atoms with Gasteiger partial charge in [-0.15, -0.1) is 0 Å². The number of piperazine rings is 1. The molecular weight excluding hydrogens is 419 g/mol. The Hall–Kier alpha value is -2.33. The van der Waals surface area contributed by atoms with E-state index in [1.807, 2.05) is 17.0 Å². The van der Waals surface area contributed by atoms with Gasteiger partial charge in [0.15, 0.2) is 0 Å². The summed E-state index contributed by atoms with van der Waals surface area (Å²) in [6.07, 6.45) is 0. The van der Waals surface area contributed by atoms with Gasteiger partial charge in [0.2, 0.25) is 21.7 Å². The van der Waals surface area contributed by atoms with Crippen molar-refractivity contribution in [3.05, 3.63) is 65.3 Å². The van der Waals surface area contributed by atoms with Crippen LogP contribution in [0.4, 0.5) is 4.39 Å². The van der Waals surface area contributed by atoms with Gasteiger partial charge in [0.05, 0.1) is 11.4 Å². The molecule has 1 aliphatic heterocycles. The van der Waals surface area contributed by atoms with Gasteiger partial charge in [0, 0.05) is 36.8 Å². The zero-order valence-corrected chi connectivity index (χ0v) is 16.9. The maximum absolute atomic E-state index is 13.1. The molecule has 0 N–H and O–H groups in total. The van der Waals surface area contributed by atoms with E-state index in [1.54, 1.807) is 12.1 Å². The van der Waals surface area contributed by atoms with Crippen molar-refractivity contribution in [2.75, 3.05) is 26.2 Å². The average Bonchev–Trinajstić information content (AvgIpc) is 3.17. The Morgan fingerprint density at radius 1 is 1.07 bits per heavy atom. The fourth-order valence-electron chi connectivity index (χ4n) is 3.14. The second kappa shape index (κ2) is 8.19. The van der Waals surface area contributed by atoms with E-state index < -0.39 is 15.8 Å². The molecule has 4 rings (SSSR count). The minimum absolute atomic E-state index is 0.0930. The van der Waals surface area contributed by atoms with Gasteiger partial charge in [-0.2, -0.15) is 9.29 Å². The fraction of sp³-hybridized carbons (Fsp3) is 0.263. The van der Waals surface area contributed by atoms with Crippen molar-refractivity contribution in [1.82, 2.24) is 19.3 Å². The first-order valence-electron chi connectivity index (χ1n) is 8.98. The van der Waals surface area contributed by atoms with E-state index >= 15 is 0 Å². The van der Waals surface area contributed by atoms with Crippen LogP contribution in [0.1, 0.15) is 5.89 Å². The molecule has 1 aromatic heterocycles. The van der Waals surface area contributed by atoms with E-state index in [4.69, 9.17) is 16.1 Å². The van der Waals surface area contributed by atoms with Gasteiger partial charge in [-0.3, -0.25) is 4.90 Å². The zero-order valence-electron chi connectivity index (χ0n) is 15.3. The number of halogens is 2. The number of sulfonamides is 1. The van der Waals surface area contributed by atoms with E-state index in [9.17, 15) is 12.8 Å². The van der Waals surface area contributed by atoms with Crippen LogP contribution in [-0.4, -0.2) is 53.9 Å². The minimum Gasteiger partial charge on any atom is -0.338 e. The molecule has 3 aromatic rings. The first-order chi connectivity index (χ1) is 13.9. The summed E-state index contributed by atoms with van der Waals surface area (Å²) < 4.78 is 45.2. The predicted octanol–water partition coefficient (Wildman–Crippen LogP) is 3.04. The molecule has 0 spiro atoms. The molecule has 10 heteroatoms. The Balaban J connectivity index is 1.37. The van der Waals surface area contributed by atoms with Gasteiger partial charge < -0.3 is 4.52 Å². The van der Waals surface area contributed by atoms with Crippen LogP contribution in [0.25, 0.3) is 11.4 Å². The zero-order chi connectivity index (χ0) is 20.4. The van der Waals surface area contributed by atoms with Crippen molar-refractivity contribution in [2.45, 2.75) is 11.4 Å². The quantitative estimate of drug-likeness (QED) is 0.611. The van der Waals surface area contributed by atoms with Crippen LogP contribution in [-0.2, 0) is 16.6 Å². The van der Waals surface area contributed by atoms with Crippen LogP contribution in [0.3, 0.4) is 0 Å². The molecule has 0 bridgehead atoms. The van der Waals surface area contributed by atoms with Crippen molar-refractivity contribution in [3.8, 4) is 11.4 Å². The molecule has 7 nitrogen and oxygen atoms in total. The molecule has 152 valence electrons. The average molecular weight is 437 g/mol. The van der Waals surface area contributed by atoms with Crippen LogP contribution in [0, 0.1) is 5.82 Å². The first-order valence-corrected chi connectivity index (χ1v) is 10.8. The van der Waals surface area contributed by atoms with Crippen LogP contribution >= 0.6 is 11.6 Å². The Kier molecular flexibility index (Phi) is 5.64. The van der Waals surface area contributed by atoms with Gasteiger partial charge in [0.1, 0.15) is 5.82 Å². The Morgan fingerprint density at radius 3 is 2.48 bits per heavy atom. The third kappa shape index (κ3) is 4.48. The molecule has 1 aliphatic rings. The summed E-state index contributed by atoms with van der Waals surface area (Å²) in [5.41, 5.74) is 0.766. The van der Waals surface area contributed by atoms with Crippen molar-refractivity contribution in [2.24, 2.45) is 0 Å². The highest BCUT2D eigenvalue weighted by Crippen LogP contribution is 2.21. The molecule has 1 saturated heterocycles. The van der Waals surface area contributed by atoms with E-state index in [0.29, 0.717) is 49.5 Å². The monoisotopic (exact) mass is 436 g/mol. The first kappa shape index (κ1) is 20.0. The Labute approximate surface area is 172 Å². The maximum atomic E-state index is 13.1. The normalized spacial score (nSPS) is 16.2. The van der Waals surface area contributed by atoms with Gasteiger partial charge in [-0.1, -0.05) is 28.9 Å². The lowest BCUT2D eigenvalue weighted by atomic mass is 10.2. The van der Waals surface area contributed by atoms with Crippen LogP contribution < -0.4 is 0 Å². The summed E-state index contributed by atoms with van der Waals surface area (Å²) in [5, 5.41) is 4.58. The van der Waals surface area contributed by atoms with Gasteiger partial charge in [0.25, 0.3) is 0 Å². The molecule has 2 aromatic carbocycles. The summed E-state index contributed by atoms with van der Waals surface area (Å²) >= 11 is 5.99. The van der Waals surface area contributed by atoms with Crippen molar-refractivity contribution < 1.29 is 17.3 Å². The Morgan fingerprint density at radius 2 is 1.79 bits per heavy atom. The number of rotatable bonds is 5. The highest BCUT2D eigenvalue weighted by atomic mass is 35.5. The fourth-order valence-corrected chi connectivity index (χ4v) is 4.75. The molecule has 1 fully saturated rings. The maximum Gasteiger partial charge on any atom is 0.243 e. The number of hydrogen-bond donors (Lipinski definition) is 0. The summed E-state index contributed by atoms with van der Waals surface area (Å²) in [7, 11) is -3.63. The van der Waals surface area contributed by atoms with Crippen molar-refractivity contribution in [3.63, 3.8) is 0 Å². The third-order valence-corrected chi connectivity index (χ3v) is 6.84. The SMILES string of the molecule is O=S(=O)(c1ccc(F)cc1)N1CCN(Cc2nc(-c3cccc(Cl)c3)no2)CC1. The van der Waals surface area contributed by atoms with E-state index in [2.05, 4.69) is 10.1 Å². The van der Waals surface area contributed by atoms with E-state index in [1.165, 1.54) is 16.4 Å². The van der Waals surface area contributed by atoms with E-state index in [0.717, 1.165) is 17.7 Å². The molecule has 0 amide bonds. The third-order valence-electron chi connectivity index (χ3n) is 4.69.